The van der Waals surface area contributed by atoms with E-state index in [1.165, 1.54) is 12.2 Å². The third kappa shape index (κ3) is 1.44. The van der Waals surface area contributed by atoms with Gasteiger partial charge in [-0.15, -0.1) is 0 Å². The van der Waals surface area contributed by atoms with Crippen molar-refractivity contribution in [1.82, 2.24) is 0 Å². The number of halogens is 1. The molecule has 0 saturated heterocycles. The Morgan fingerprint density at radius 3 is 2.58 bits per heavy atom. The van der Waals surface area contributed by atoms with Crippen molar-refractivity contribution in [2.24, 2.45) is 5.92 Å². The van der Waals surface area contributed by atoms with Crippen LogP contribution >= 0.6 is 11.6 Å². The Bertz CT molecular complexity index is 267. The Morgan fingerprint density at radius 2 is 2.25 bits per heavy atom. The first-order valence-electron chi connectivity index (χ1n) is 3.17. The van der Waals surface area contributed by atoms with E-state index in [0.29, 0.717) is 0 Å². The number of hydrogen-bond donors (Lipinski definition) is 3. The van der Waals surface area contributed by atoms with Gasteiger partial charge in [0.1, 0.15) is 5.76 Å². The highest BCUT2D eigenvalue weighted by Gasteiger charge is 2.42. The summed E-state index contributed by atoms with van der Waals surface area (Å²) in [5.74, 6) is -3.32. The number of rotatable bonds is 1. The molecule has 1 rings (SSSR count). The van der Waals surface area contributed by atoms with E-state index in [-0.39, 0.29) is 0 Å². The van der Waals surface area contributed by atoms with Gasteiger partial charge in [0, 0.05) is 0 Å². The largest absolute Gasteiger partial charge is 0.511 e. The number of carboxylic acid groups (broad SMARTS) is 1. The first-order valence-corrected chi connectivity index (χ1v) is 3.55. The summed E-state index contributed by atoms with van der Waals surface area (Å²) in [5, 5.41) is 24.9. The Hall–Kier alpha value is -1.00. The predicted molar refractivity (Wildman–Crippen MR) is 41.8 cm³/mol. The quantitative estimate of drug-likeness (QED) is 0.530. The van der Waals surface area contributed by atoms with Crippen molar-refractivity contribution in [3.8, 4) is 0 Å². The van der Waals surface area contributed by atoms with Crippen LogP contribution in [0.4, 0.5) is 0 Å². The molecule has 0 fully saturated rings. The van der Waals surface area contributed by atoms with Gasteiger partial charge in [-0.3, -0.25) is 4.79 Å². The molecule has 0 amide bonds. The molecule has 0 aromatic rings. The lowest BCUT2D eigenvalue weighted by molar-refractivity contribution is -0.145. The maximum atomic E-state index is 10.5. The maximum Gasteiger partial charge on any atom is 0.318 e. The van der Waals surface area contributed by atoms with E-state index in [1.54, 1.807) is 0 Å². The summed E-state index contributed by atoms with van der Waals surface area (Å²) in [7, 11) is 0. The van der Waals surface area contributed by atoms with E-state index >= 15 is 0 Å². The molecule has 5 heteroatoms. The zero-order chi connectivity index (χ0) is 9.35. The summed E-state index contributed by atoms with van der Waals surface area (Å²) in [5.41, 5.74) is 0. The zero-order valence-electron chi connectivity index (χ0n) is 5.94. The van der Waals surface area contributed by atoms with Crippen molar-refractivity contribution in [2.45, 2.75) is 5.06 Å². The molecule has 3 N–H and O–H groups in total. The van der Waals surface area contributed by atoms with Crippen LogP contribution in [0, 0.1) is 5.92 Å². The normalized spacial score (nSPS) is 34.5. The summed E-state index contributed by atoms with van der Waals surface area (Å²) in [6, 6.07) is 0. The first-order chi connectivity index (χ1) is 5.45. The fourth-order valence-corrected chi connectivity index (χ4v) is 1.26. The third-order valence-electron chi connectivity index (χ3n) is 1.54. The van der Waals surface area contributed by atoms with E-state index in [4.69, 9.17) is 21.8 Å². The molecular formula is C7H7ClO4. The van der Waals surface area contributed by atoms with Crippen molar-refractivity contribution in [1.29, 1.82) is 0 Å². The van der Waals surface area contributed by atoms with E-state index in [0.717, 1.165) is 6.08 Å². The third-order valence-corrected chi connectivity index (χ3v) is 1.89. The second kappa shape index (κ2) is 2.80. The highest BCUT2D eigenvalue weighted by molar-refractivity contribution is 6.25. The number of aliphatic carboxylic acids is 1. The van der Waals surface area contributed by atoms with Crippen LogP contribution in [0.2, 0.25) is 0 Å². The highest BCUT2D eigenvalue weighted by Crippen LogP contribution is 2.32. The van der Waals surface area contributed by atoms with Crippen molar-refractivity contribution >= 4 is 17.6 Å². The van der Waals surface area contributed by atoms with Gasteiger partial charge in [0.2, 0.25) is 0 Å². The fourth-order valence-electron chi connectivity index (χ4n) is 0.981. The van der Waals surface area contributed by atoms with Gasteiger partial charge in [-0.1, -0.05) is 17.7 Å². The van der Waals surface area contributed by atoms with Gasteiger partial charge in [-0.05, 0) is 12.2 Å². The van der Waals surface area contributed by atoms with Gasteiger partial charge in [-0.2, -0.15) is 0 Å². The molecular weight excluding hydrogens is 184 g/mol. The molecule has 66 valence electrons. The van der Waals surface area contributed by atoms with Gasteiger partial charge in [0.25, 0.3) is 0 Å². The summed E-state index contributed by atoms with van der Waals surface area (Å²) < 4.78 is 0. The average molecular weight is 191 g/mol. The summed E-state index contributed by atoms with van der Waals surface area (Å²) in [4.78, 5) is 10.5. The Balaban J connectivity index is 3.03. The van der Waals surface area contributed by atoms with Crippen molar-refractivity contribution < 1.29 is 20.1 Å². The molecule has 0 aromatic carbocycles. The second-order valence-electron chi connectivity index (χ2n) is 2.45. The molecule has 0 heterocycles. The number of allylic oxidation sites excluding steroid dienone is 2. The molecule has 0 aromatic heterocycles. The van der Waals surface area contributed by atoms with E-state index in [2.05, 4.69) is 0 Å². The van der Waals surface area contributed by atoms with Crippen molar-refractivity contribution in [2.75, 3.05) is 0 Å². The summed E-state index contributed by atoms with van der Waals surface area (Å²) in [6.45, 7) is 0. The number of alkyl halides is 1. The van der Waals surface area contributed by atoms with Crippen molar-refractivity contribution in [3.05, 3.63) is 24.0 Å². The van der Waals surface area contributed by atoms with Gasteiger partial charge in [0.05, 0.1) is 0 Å². The molecule has 1 aliphatic rings. The number of carboxylic acids is 1. The highest BCUT2D eigenvalue weighted by atomic mass is 35.5. The number of aliphatic hydroxyl groups is 2. The number of carbonyl (C=O) groups is 1. The minimum absolute atomic E-state index is 0.456. The minimum atomic E-state index is -2.04. The fraction of sp³-hybridized carbons (Fsp3) is 0.286. The first kappa shape index (κ1) is 9.09. The lowest BCUT2D eigenvalue weighted by atomic mass is 9.95. The summed E-state index contributed by atoms with van der Waals surface area (Å²) >= 11 is 5.41. The number of hydrogen-bond acceptors (Lipinski definition) is 3. The topological polar surface area (TPSA) is 77.8 Å². The molecule has 12 heavy (non-hydrogen) atoms. The average Bonchev–Trinajstić information content (AvgIpc) is 1.82. The van der Waals surface area contributed by atoms with Gasteiger partial charge >= 0.3 is 5.97 Å². The van der Waals surface area contributed by atoms with Crippen LogP contribution in [0.25, 0.3) is 0 Å². The van der Waals surface area contributed by atoms with E-state index < -0.39 is 22.7 Å². The molecule has 0 spiro atoms. The maximum absolute atomic E-state index is 10.5. The lowest BCUT2D eigenvalue weighted by Crippen LogP contribution is -2.38. The Kier molecular flexibility index (Phi) is 2.12. The number of aliphatic hydroxyl groups excluding tert-OH is 1. The van der Waals surface area contributed by atoms with Gasteiger partial charge in [0.15, 0.2) is 11.0 Å². The van der Waals surface area contributed by atoms with Crippen LogP contribution < -0.4 is 0 Å². The molecule has 0 bridgehead atoms. The standard InChI is InChI=1S/C7H7ClO4/c8-7(12)3-1-2-4(9)5(7)6(10)11/h1-3,5,9,12H,(H,10,11). The molecule has 0 saturated carbocycles. The van der Waals surface area contributed by atoms with Crippen LogP contribution in [-0.2, 0) is 4.79 Å². The monoisotopic (exact) mass is 190 g/mol. The molecule has 2 atom stereocenters. The Labute approximate surface area is 73.4 Å². The van der Waals surface area contributed by atoms with Crippen LogP contribution in [0.5, 0.6) is 0 Å². The lowest BCUT2D eigenvalue weighted by Gasteiger charge is -2.25. The molecule has 0 radical (unpaired) electrons. The van der Waals surface area contributed by atoms with Crippen LogP contribution in [0.1, 0.15) is 0 Å². The summed E-state index contributed by atoms with van der Waals surface area (Å²) in [6.07, 6.45) is 3.57. The van der Waals surface area contributed by atoms with Crippen LogP contribution in [0.15, 0.2) is 24.0 Å². The van der Waals surface area contributed by atoms with E-state index in [1.807, 2.05) is 0 Å². The zero-order valence-corrected chi connectivity index (χ0v) is 6.69. The predicted octanol–water partition coefficient (Wildman–Crippen LogP) is 0.626. The SMILES string of the molecule is O=C(O)C1C(O)=CC=CC1(O)Cl. The van der Waals surface area contributed by atoms with E-state index in [9.17, 15) is 9.90 Å². The molecule has 2 unspecified atom stereocenters. The molecule has 4 nitrogen and oxygen atoms in total. The smallest absolute Gasteiger partial charge is 0.318 e. The van der Waals surface area contributed by atoms with Crippen LogP contribution in [0.3, 0.4) is 0 Å². The molecule has 1 aliphatic carbocycles. The molecule has 0 aliphatic heterocycles. The second-order valence-corrected chi connectivity index (χ2v) is 3.05. The van der Waals surface area contributed by atoms with Gasteiger partial charge < -0.3 is 15.3 Å². The Morgan fingerprint density at radius 1 is 1.67 bits per heavy atom. The van der Waals surface area contributed by atoms with Crippen molar-refractivity contribution in [3.63, 3.8) is 0 Å². The minimum Gasteiger partial charge on any atom is -0.511 e. The van der Waals surface area contributed by atoms with Crippen LogP contribution in [-0.4, -0.2) is 26.3 Å². The van der Waals surface area contributed by atoms with Gasteiger partial charge in [-0.25, -0.2) is 0 Å².